The third-order valence-corrected chi connectivity index (χ3v) is 4.12. The van der Waals surface area contributed by atoms with E-state index in [4.69, 9.17) is 23.2 Å². The van der Waals surface area contributed by atoms with E-state index in [9.17, 15) is 0 Å². The lowest BCUT2D eigenvalue weighted by molar-refractivity contribution is 1.34. The van der Waals surface area contributed by atoms with Gasteiger partial charge in [0, 0.05) is 5.56 Å². The van der Waals surface area contributed by atoms with E-state index < -0.39 is 0 Å². The second-order valence-electron chi connectivity index (χ2n) is 4.64. The van der Waals surface area contributed by atoms with Crippen molar-refractivity contribution in [2.75, 3.05) is 0 Å². The third kappa shape index (κ3) is 2.11. The minimum absolute atomic E-state index is 0.525. The Labute approximate surface area is 121 Å². The van der Waals surface area contributed by atoms with Gasteiger partial charge in [0.25, 0.3) is 0 Å². The van der Waals surface area contributed by atoms with Crippen LogP contribution < -0.4 is 0 Å². The normalized spacial score (nSPS) is 11.2. The number of rotatable bonds is 1. The van der Waals surface area contributed by atoms with Crippen LogP contribution in [0.3, 0.4) is 0 Å². The number of benzene rings is 2. The lowest BCUT2D eigenvalue weighted by Gasteiger charge is -2.01. The third-order valence-electron chi connectivity index (χ3n) is 3.30. The summed E-state index contributed by atoms with van der Waals surface area (Å²) in [5, 5.41) is 1.06. The molecule has 1 aromatic heterocycles. The summed E-state index contributed by atoms with van der Waals surface area (Å²) in [4.78, 5) is 7.88. The topological polar surface area (TPSA) is 28.7 Å². The summed E-state index contributed by atoms with van der Waals surface area (Å²) < 4.78 is 0. The number of aromatic nitrogens is 2. The SMILES string of the molecule is Cc1cc2nc(-c3cccc(Cl)c3Cl)[nH]c2cc1C. The van der Waals surface area contributed by atoms with E-state index in [1.54, 1.807) is 6.07 Å². The van der Waals surface area contributed by atoms with Crippen LogP contribution in [0.5, 0.6) is 0 Å². The first-order valence-electron chi connectivity index (χ1n) is 5.97. The molecule has 0 aliphatic rings. The summed E-state index contributed by atoms with van der Waals surface area (Å²) in [6.07, 6.45) is 0. The highest BCUT2D eigenvalue weighted by atomic mass is 35.5. The fourth-order valence-electron chi connectivity index (χ4n) is 2.08. The quantitative estimate of drug-likeness (QED) is 0.659. The zero-order valence-corrected chi connectivity index (χ0v) is 12.1. The highest BCUT2D eigenvalue weighted by Crippen LogP contribution is 2.33. The average molecular weight is 291 g/mol. The Morgan fingerprint density at radius 3 is 2.58 bits per heavy atom. The summed E-state index contributed by atoms with van der Waals surface area (Å²) in [5.74, 6) is 0.743. The van der Waals surface area contributed by atoms with Gasteiger partial charge in [-0.25, -0.2) is 4.98 Å². The smallest absolute Gasteiger partial charge is 0.140 e. The van der Waals surface area contributed by atoms with Gasteiger partial charge in [0.15, 0.2) is 0 Å². The highest BCUT2D eigenvalue weighted by molar-refractivity contribution is 6.43. The van der Waals surface area contributed by atoms with Gasteiger partial charge in [-0.15, -0.1) is 0 Å². The Morgan fingerprint density at radius 1 is 1.05 bits per heavy atom. The molecular formula is C15H12Cl2N2. The van der Waals surface area contributed by atoms with E-state index in [1.165, 1.54) is 11.1 Å². The molecule has 0 aliphatic heterocycles. The van der Waals surface area contributed by atoms with E-state index in [2.05, 4.69) is 35.9 Å². The molecule has 1 heterocycles. The number of H-pyrrole nitrogens is 1. The van der Waals surface area contributed by atoms with Gasteiger partial charge < -0.3 is 4.98 Å². The Balaban J connectivity index is 2.23. The molecule has 19 heavy (non-hydrogen) atoms. The molecule has 3 rings (SSSR count). The van der Waals surface area contributed by atoms with Gasteiger partial charge >= 0.3 is 0 Å². The minimum Gasteiger partial charge on any atom is -0.338 e. The van der Waals surface area contributed by atoms with Gasteiger partial charge in [-0.1, -0.05) is 29.3 Å². The van der Waals surface area contributed by atoms with E-state index in [-0.39, 0.29) is 0 Å². The monoisotopic (exact) mass is 290 g/mol. The first-order chi connectivity index (χ1) is 9.06. The molecule has 0 bridgehead atoms. The van der Waals surface area contributed by atoms with Crippen LogP contribution in [0.25, 0.3) is 22.4 Å². The van der Waals surface area contributed by atoms with Gasteiger partial charge in [-0.2, -0.15) is 0 Å². The van der Waals surface area contributed by atoms with Crippen molar-refractivity contribution in [3.8, 4) is 11.4 Å². The standard InChI is InChI=1S/C15H12Cl2N2/c1-8-6-12-13(7-9(8)2)19-15(18-12)10-4-3-5-11(16)14(10)17/h3-7H,1-2H3,(H,18,19). The number of nitrogens with zero attached hydrogens (tertiary/aromatic N) is 1. The molecule has 0 atom stereocenters. The molecule has 96 valence electrons. The van der Waals surface area contributed by atoms with Crippen molar-refractivity contribution in [1.29, 1.82) is 0 Å². The van der Waals surface area contributed by atoms with Gasteiger partial charge in [0.2, 0.25) is 0 Å². The number of hydrogen-bond donors (Lipinski definition) is 1. The van der Waals surface area contributed by atoms with Crippen molar-refractivity contribution in [1.82, 2.24) is 9.97 Å². The number of fused-ring (bicyclic) bond motifs is 1. The molecule has 1 N–H and O–H groups in total. The van der Waals surface area contributed by atoms with Gasteiger partial charge in [-0.3, -0.25) is 0 Å². The number of hydrogen-bond acceptors (Lipinski definition) is 1. The van der Waals surface area contributed by atoms with E-state index >= 15 is 0 Å². The van der Waals surface area contributed by atoms with Crippen molar-refractivity contribution in [2.45, 2.75) is 13.8 Å². The molecule has 0 unspecified atom stereocenters. The fraction of sp³-hybridized carbons (Fsp3) is 0.133. The molecule has 0 aliphatic carbocycles. The second kappa shape index (κ2) is 4.55. The number of aryl methyl sites for hydroxylation is 2. The van der Waals surface area contributed by atoms with Gasteiger partial charge in [-0.05, 0) is 49.2 Å². The van der Waals surface area contributed by atoms with Crippen molar-refractivity contribution in [3.63, 3.8) is 0 Å². The first kappa shape index (κ1) is 12.5. The number of imidazole rings is 1. The zero-order chi connectivity index (χ0) is 13.6. The largest absolute Gasteiger partial charge is 0.338 e. The average Bonchev–Trinajstić information content (AvgIpc) is 2.76. The lowest BCUT2D eigenvalue weighted by Crippen LogP contribution is -1.82. The molecule has 3 aromatic rings. The molecule has 0 spiro atoms. The van der Waals surface area contributed by atoms with Crippen LogP contribution in [-0.4, -0.2) is 9.97 Å². The predicted octanol–water partition coefficient (Wildman–Crippen LogP) is 5.15. The Kier molecular flexibility index (Phi) is 3.00. The van der Waals surface area contributed by atoms with Crippen molar-refractivity contribution in [2.24, 2.45) is 0 Å². The Bertz CT molecular complexity index is 736. The number of nitrogens with one attached hydrogen (secondary N) is 1. The summed E-state index contributed by atoms with van der Waals surface area (Å²) >= 11 is 12.3. The minimum atomic E-state index is 0.525. The van der Waals surface area contributed by atoms with Crippen molar-refractivity contribution in [3.05, 3.63) is 51.5 Å². The van der Waals surface area contributed by atoms with Gasteiger partial charge in [0.1, 0.15) is 5.82 Å². The maximum Gasteiger partial charge on any atom is 0.140 e. The van der Waals surface area contributed by atoms with Crippen molar-refractivity contribution >= 4 is 34.2 Å². The summed E-state index contributed by atoms with van der Waals surface area (Å²) in [7, 11) is 0. The van der Waals surface area contributed by atoms with Crippen molar-refractivity contribution < 1.29 is 0 Å². The zero-order valence-electron chi connectivity index (χ0n) is 10.6. The van der Waals surface area contributed by atoms with Crippen LogP contribution in [0.2, 0.25) is 10.0 Å². The van der Waals surface area contributed by atoms with Gasteiger partial charge in [0.05, 0.1) is 21.1 Å². The molecular weight excluding hydrogens is 279 g/mol. The lowest BCUT2D eigenvalue weighted by atomic mass is 10.1. The fourth-order valence-corrected chi connectivity index (χ4v) is 2.47. The molecule has 0 saturated heterocycles. The maximum absolute atomic E-state index is 6.23. The maximum atomic E-state index is 6.23. The summed E-state index contributed by atoms with van der Waals surface area (Å²) in [5.41, 5.74) is 5.23. The van der Waals surface area contributed by atoms with E-state index in [0.29, 0.717) is 10.0 Å². The summed E-state index contributed by atoms with van der Waals surface area (Å²) in [6.45, 7) is 4.16. The Hall–Kier alpha value is -1.51. The molecule has 4 heteroatoms. The summed E-state index contributed by atoms with van der Waals surface area (Å²) in [6, 6.07) is 9.71. The molecule has 0 saturated carbocycles. The molecule has 2 nitrogen and oxygen atoms in total. The van der Waals surface area contributed by atoms with Crippen LogP contribution in [0.1, 0.15) is 11.1 Å². The molecule has 0 amide bonds. The second-order valence-corrected chi connectivity index (χ2v) is 5.43. The van der Waals surface area contributed by atoms with Crippen LogP contribution in [0.15, 0.2) is 30.3 Å². The molecule has 2 aromatic carbocycles. The molecule has 0 fully saturated rings. The highest BCUT2D eigenvalue weighted by Gasteiger charge is 2.11. The van der Waals surface area contributed by atoms with Crippen LogP contribution in [-0.2, 0) is 0 Å². The van der Waals surface area contributed by atoms with Crippen LogP contribution in [0.4, 0.5) is 0 Å². The predicted molar refractivity (Wildman–Crippen MR) is 81.0 cm³/mol. The van der Waals surface area contributed by atoms with Crippen LogP contribution in [0, 0.1) is 13.8 Å². The molecule has 0 radical (unpaired) electrons. The van der Waals surface area contributed by atoms with Crippen LogP contribution >= 0.6 is 23.2 Å². The number of halogens is 2. The Morgan fingerprint density at radius 2 is 1.79 bits per heavy atom. The number of aromatic amines is 1. The first-order valence-corrected chi connectivity index (χ1v) is 6.73. The van der Waals surface area contributed by atoms with E-state index in [0.717, 1.165) is 22.4 Å². The van der Waals surface area contributed by atoms with E-state index in [1.807, 2.05) is 12.1 Å².